The molecule has 1 aliphatic carbocycles. The van der Waals surface area contributed by atoms with E-state index in [9.17, 15) is 9.90 Å². The number of alkyl carbamates (subject to hydrolysis) is 1. The predicted molar refractivity (Wildman–Crippen MR) is 119 cm³/mol. The van der Waals surface area contributed by atoms with Crippen molar-refractivity contribution in [2.24, 2.45) is 0 Å². The van der Waals surface area contributed by atoms with Crippen molar-refractivity contribution in [3.05, 3.63) is 94.5 Å². The van der Waals surface area contributed by atoms with Crippen molar-refractivity contribution in [3.63, 3.8) is 0 Å². The number of hydrogen-bond donors (Lipinski definition) is 2. The van der Waals surface area contributed by atoms with Gasteiger partial charge in [0, 0.05) is 12.5 Å². The van der Waals surface area contributed by atoms with Gasteiger partial charge in [-0.25, -0.2) is 4.79 Å². The Morgan fingerprint density at radius 2 is 1.63 bits per heavy atom. The van der Waals surface area contributed by atoms with Crippen LogP contribution in [0, 0.1) is 13.8 Å². The summed E-state index contributed by atoms with van der Waals surface area (Å²) in [6.45, 7) is 4.32. The summed E-state index contributed by atoms with van der Waals surface area (Å²) < 4.78 is 5.67. The van der Waals surface area contributed by atoms with E-state index in [-0.39, 0.29) is 25.2 Å². The van der Waals surface area contributed by atoms with Gasteiger partial charge in [-0.3, -0.25) is 0 Å². The van der Waals surface area contributed by atoms with Crippen LogP contribution in [0.25, 0.3) is 11.1 Å². The molecule has 1 unspecified atom stereocenters. The van der Waals surface area contributed by atoms with Crippen LogP contribution in [-0.2, 0) is 4.74 Å². The van der Waals surface area contributed by atoms with Crippen LogP contribution in [0.3, 0.4) is 0 Å². The van der Waals surface area contributed by atoms with E-state index in [0.717, 1.165) is 11.1 Å². The largest absolute Gasteiger partial charge is 0.449 e. The van der Waals surface area contributed by atoms with Gasteiger partial charge in [0.1, 0.15) is 6.61 Å². The van der Waals surface area contributed by atoms with Gasteiger partial charge in [-0.2, -0.15) is 0 Å². The van der Waals surface area contributed by atoms with E-state index in [1.165, 1.54) is 27.8 Å². The molecule has 3 aromatic rings. The number of carbonyl (C=O) groups is 1. The number of carbonyl (C=O) groups excluding carboxylic acids is 1. The quantitative estimate of drug-likeness (QED) is 0.592. The van der Waals surface area contributed by atoms with Crippen molar-refractivity contribution < 1.29 is 14.6 Å². The molecular weight excluding hydrogens is 374 g/mol. The molecule has 30 heavy (non-hydrogen) atoms. The molecule has 1 atom stereocenters. The van der Waals surface area contributed by atoms with Gasteiger partial charge in [0.15, 0.2) is 0 Å². The molecule has 0 aliphatic heterocycles. The zero-order chi connectivity index (χ0) is 21.1. The summed E-state index contributed by atoms with van der Waals surface area (Å²) in [7, 11) is 0. The molecular formula is C26H27NO3. The normalized spacial score (nSPS) is 13.4. The fourth-order valence-electron chi connectivity index (χ4n) is 4.43. The first-order chi connectivity index (χ1) is 14.6. The summed E-state index contributed by atoms with van der Waals surface area (Å²) in [6.07, 6.45) is -0.0241. The SMILES string of the molecule is Cc1ccc(C(CCO)NC(=O)OCC2c3ccccc3-c3ccccc32)c(C)c1. The number of aliphatic hydroxyl groups is 1. The average molecular weight is 402 g/mol. The average Bonchev–Trinajstić information content (AvgIpc) is 3.06. The minimum Gasteiger partial charge on any atom is -0.449 e. The third-order valence-electron chi connectivity index (χ3n) is 5.85. The Kier molecular flexibility index (Phi) is 5.86. The van der Waals surface area contributed by atoms with E-state index in [1.807, 2.05) is 50.2 Å². The third kappa shape index (κ3) is 3.96. The van der Waals surface area contributed by atoms with Gasteiger partial charge in [-0.15, -0.1) is 0 Å². The molecule has 0 saturated heterocycles. The highest BCUT2D eigenvalue weighted by Gasteiger charge is 2.29. The Hall–Kier alpha value is -3.11. The van der Waals surface area contributed by atoms with Crippen LogP contribution in [-0.4, -0.2) is 24.4 Å². The van der Waals surface area contributed by atoms with Crippen molar-refractivity contribution in [1.29, 1.82) is 0 Å². The second-order valence-corrected chi connectivity index (χ2v) is 7.89. The second kappa shape index (κ2) is 8.72. The highest BCUT2D eigenvalue weighted by Crippen LogP contribution is 2.44. The van der Waals surface area contributed by atoms with E-state index in [2.05, 4.69) is 35.6 Å². The minimum absolute atomic E-state index is 0.0123. The number of aryl methyl sites for hydroxylation is 2. The Labute approximate surface area is 177 Å². The lowest BCUT2D eigenvalue weighted by Crippen LogP contribution is -2.31. The first kappa shape index (κ1) is 20.2. The summed E-state index contributed by atoms with van der Waals surface area (Å²) in [6, 6.07) is 22.4. The number of rotatable bonds is 6. The molecule has 0 heterocycles. The van der Waals surface area contributed by atoms with Crippen molar-refractivity contribution in [1.82, 2.24) is 5.32 Å². The molecule has 0 radical (unpaired) electrons. The molecule has 4 nitrogen and oxygen atoms in total. The van der Waals surface area contributed by atoms with Crippen LogP contribution in [0.5, 0.6) is 0 Å². The van der Waals surface area contributed by atoms with Crippen LogP contribution >= 0.6 is 0 Å². The van der Waals surface area contributed by atoms with E-state index >= 15 is 0 Å². The van der Waals surface area contributed by atoms with E-state index in [4.69, 9.17) is 4.74 Å². The van der Waals surface area contributed by atoms with Gasteiger partial charge >= 0.3 is 6.09 Å². The Balaban J connectivity index is 1.48. The molecule has 3 aromatic carbocycles. The number of ether oxygens (including phenoxy) is 1. The molecule has 4 heteroatoms. The second-order valence-electron chi connectivity index (χ2n) is 7.89. The topological polar surface area (TPSA) is 58.6 Å². The highest BCUT2D eigenvalue weighted by molar-refractivity contribution is 5.79. The van der Waals surface area contributed by atoms with Gasteiger partial charge in [0.2, 0.25) is 0 Å². The number of fused-ring (bicyclic) bond motifs is 3. The van der Waals surface area contributed by atoms with Crippen LogP contribution in [0.4, 0.5) is 4.79 Å². The maximum Gasteiger partial charge on any atom is 0.407 e. The lowest BCUT2D eigenvalue weighted by atomic mass is 9.97. The summed E-state index contributed by atoms with van der Waals surface area (Å²) in [5.41, 5.74) is 8.04. The van der Waals surface area contributed by atoms with E-state index in [1.54, 1.807) is 0 Å². The maximum absolute atomic E-state index is 12.6. The van der Waals surface area contributed by atoms with Crippen molar-refractivity contribution in [2.75, 3.05) is 13.2 Å². The smallest absolute Gasteiger partial charge is 0.407 e. The maximum atomic E-state index is 12.6. The molecule has 1 aliphatic rings. The number of benzene rings is 3. The van der Waals surface area contributed by atoms with Crippen LogP contribution in [0.1, 0.15) is 46.2 Å². The van der Waals surface area contributed by atoms with Gasteiger partial charge in [-0.1, -0.05) is 72.3 Å². The van der Waals surface area contributed by atoms with Crippen LogP contribution in [0.15, 0.2) is 66.7 Å². The van der Waals surface area contributed by atoms with E-state index in [0.29, 0.717) is 6.42 Å². The lowest BCUT2D eigenvalue weighted by Gasteiger charge is -2.21. The third-order valence-corrected chi connectivity index (χ3v) is 5.85. The zero-order valence-electron chi connectivity index (χ0n) is 17.4. The Bertz CT molecular complexity index is 1010. The molecule has 2 N–H and O–H groups in total. The van der Waals surface area contributed by atoms with Crippen LogP contribution < -0.4 is 5.32 Å². The van der Waals surface area contributed by atoms with Gasteiger partial charge in [-0.05, 0) is 53.6 Å². The Morgan fingerprint density at radius 3 is 2.23 bits per heavy atom. The Morgan fingerprint density at radius 1 is 1.00 bits per heavy atom. The van der Waals surface area contributed by atoms with Crippen molar-refractivity contribution in [3.8, 4) is 11.1 Å². The number of aliphatic hydroxyl groups excluding tert-OH is 1. The van der Waals surface area contributed by atoms with Crippen LogP contribution in [0.2, 0.25) is 0 Å². The van der Waals surface area contributed by atoms with Crippen molar-refractivity contribution >= 4 is 6.09 Å². The zero-order valence-corrected chi connectivity index (χ0v) is 17.4. The van der Waals surface area contributed by atoms with Gasteiger partial charge in [0.25, 0.3) is 0 Å². The predicted octanol–water partition coefficient (Wildman–Crippen LogP) is 5.27. The first-order valence-electron chi connectivity index (χ1n) is 10.4. The molecule has 0 bridgehead atoms. The molecule has 0 saturated carbocycles. The summed E-state index contributed by atoms with van der Waals surface area (Å²) >= 11 is 0. The summed E-state index contributed by atoms with van der Waals surface area (Å²) in [5.74, 6) is 0.0283. The number of amides is 1. The fourth-order valence-corrected chi connectivity index (χ4v) is 4.43. The standard InChI is InChI=1S/C26H27NO3/c1-17-11-12-19(18(2)15-17)25(13-14-28)27-26(29)30-16-24-22-9-5-3-7-20(22)21-8-4-6-10-23(21)24/h3-12,15,24-25,28H,13-14,16H2,1-2H3,(H,27,29). The molecule has 0 fully saturated rings. The van der Waals surface area contributed by atoms with Gasteiger partial charge < -0.3 is 15.2 Å². The minimum atomic E-state index is -0.463. The lowest BCUT2D eigenvalue weighted by molar-refractivity contribution is 0.136. The monoisotopic (exact) mass is 401 g/mol. The first-order valence-corrected chi connectivity index (χ1v) is 10.4. The fraction of sp³-hybridized carbons (Fsp3) is 0.269. The van der Waals surface area contributed by atoms with Crippen molar-refractivity contribution in [2.45, 2.75) is 32.2 Å². The molecule has 1 amide bonds. The molecule has 154 valence electrons. The molecule has 4 rings (SSSR count). The highest BCUT2D eigenvalue weighted by atomic mass is 16.5. The number of hydrogen-bond acceptors (Lipinski definition) is 3. The van der Waals surface area contributed by atoms with E-state index < -0.39 is 6.09 Å². The van der Waals surface area contributed by atoms with Gasteiger partial charge in [0.05, 0.1) is 6.04 Å². The molecule has 0 spiro atoms. The summed E-state index contributed by atoms with van der Waals surface area (Å²) in [5, 5.41) is 12.4. The molecule has 0 aromatic heterocycles. The number of nitrogens with one attached hydrogen (secondary N) is 1. The summed E-state index contributed by atoms with van der Waals surface area (Å²) in [4.78, 5) is 12.6.